The summed E-state index contributed by atoms with van der Waals surface area (Å²) in [5.74, 6) is 0.365. The van der Waals surface area contributed by atoms with E-state index in [-0.39, 0.29) is 16.6 Å². The Kier molecular flexibility index (Phi) is 5.01. The number of nitrogens with one attached hydrogen (secondary N) is 1. The molecule has 0 saturated heterocycles. The van der Waals surface area contributed by atoms with Crippen molar-refractivity contribution in [2.75, 3.05) is 19.0 Å². The molecule has 0 aliphatic carbocycles. The molecule has 0 amide bonds. The van der Waals surface area contributed by atoms with Gasteiger partial charge in [-0.25, -0.2) is 0 Å². The normalized spacial score (nSPS) is 12.5. The van der Waals surface area contributed by atoms with Gasteiger partial charge in [0.15, 0.2) is 0 Å². The number of anilines is 1. The average Bonchev–Trinajstić information content (AvgIpc) is 2.15. The van der Waals surface area contributed by atoms with Crippen LogP contribution >= 0.6 is 23.2 Å². The molecule has 0 bridgehead atoms. The zero-order valence-corrected chi connectivity index (χ0v) is 10.0. The van der Waals surface area contributed by atoms with Gasteiger partial charge in [-0.15, -0.1) is 0 Å². The second kappa shape index (κ2) is 6.05. The molecule has 0 spiro atoms. The summed E-state index contributed by atoms with van der Waals surface area (Å²) in [6.45, 7) is 2.60. The monoisotopic (exact) mass is 250 g/mol. The minimum absolute atomic E-state index is 0.0739. The second-order valence-electron chi connectivity index (χ2n) is 2.90. The van der Waals surface area contributed by atoms with Crippen molar-refractivity contribution in [1.29, 1.82) is 0 Å². The number of halogens is 2. The molecule has 7 heteroatoms. The molecule has 1 unspecified atom stereocenters. The molecular weight excluding hydrogens is 239 g/mol. The molecule has 1 atom stereocenters. The third kappa shape index (κ3) is 4.15. The van der Waals surface area contributed by atoms with Crippen LogP contribution in [0.15, 0.2) is 0 Å². The Morgan fingerprint density at radius 2 is 1.87 bits per heavy atom. The summed E-state index contributed by atoms with van der Waals surface area (Å²) < 4.78 is 5.03. The van der Waals surface area contributed by atoms with E-state index in [1.165, 1.54) is 0 Å². The van der Waals surface area contributed by atoms with Crippen LogP contribution in [-0.4, -0.2) is 34.7 Å². The largest absolute Gasteiger partial charge is 0.383 e. The van der Waals surface area contributed by atoms with E-state index in [9.17, 15) is 0 Å². The quantitative estimate of drug-likeness (QED) is 0.867. The van der Waals surface area contributed by atoms with Crippen molar-refractivity contribution in [3.63, 3.8) is 0 Å². The average molecular weight is 251 g/mol. The van der Waals surface area contributed by atoms with Gasteiger partial charge in [0, 0.05) is 7.11 Å². The van der Waals surface area contributed by atoms with Gasteiger partial charge in [-0.05, 0) is 29.6 Å². The Morgan fingerprint density at radius 3 is 2.33 bits per heavy atom. The Morgan fingerprint density at radius 1 is 1.27 bits per heavy atom. The summed E-state index contributed by atoms with van der Waals surface area (Å²) in [6.07, 6.45) is 0.884. The van der Waals surface area contributed by atoms with E-state index < -0.39 is 0 Å². The maximum absolute atomic E-state index is 5.64. The molecule has 0 saturated carbocycles. The van der Waals surface area contributed by atoms with Crippen LogP contribution in [0.25, 0.3) is 0 Å². The van der Waals surface area contributed by atoms with E-state index in [0.717, 1.165) is 6.42 Å². The van der Waals surface area contributed by atoms with Crippen LogP contribution in [0.2, 0.25) is 10.6 Å². The van der Waals surface area contributed by atoms with Crippen molar-refractivity contribution < 1.29 is 4.74 Å². The number of hydrogen-bond acceptors (Lipinski definition) is 5. The molecule has 5 nitrogen and oxygen atoms in total. The van der Waals surface area contributed by atoms with Crippen LogP contribution in [0.4, 0.5) is 5.95 Å². The smallest absolute Gasteiger partial charge is 0.228 e. The lowest BCUT2D eigenvalue weighted by atomic mass is 10.2. The van der Waals surface area contributed by atoms with Gasteiger partial charge < -0.3 is 10.1 Å². The van der Waals surface area contributed by atoms with E-state index in [0.29, 0.717) is 12.6 Å². The second-order valence-corrected chi connectivity index (χ2v) is 3.58. The minimum atomic E-state index is 0.0739. The molecule has 15 heavy (non-hydrogen) atoms. The van der Waals surface area contributed by atoms with E-state index in [2.05, 4.69) is 20.3 Å². The molecule has 1 aromatic heterocycles. The highest BCUT2D eigenvalue weighted by Crippen LogP contribution is 2.11. The van der Waals surface area contributed by atoms with E-state index in [1.807, 2.05) is 6.92 Å². The first kappa shape index (κ1) is 12.4. The van der Waals surface area contributed by atoms with Crippen molar-refractivity contribution in [2.24, 2.45) is 0 Å². The first-order valence-corrected chi connectivity index (χ1v) is 5.23. The molecule has 1 aromatic rings. The highest BCUT2D eigenvalue weighted by atomic mass is 35.5. The van der Waals surface area contributed by atoms with E-state index >= 15 is 0 Å². The third-order valence-corrected chi connectivity index (χ3v) is 2.11. The maximum Gasteiger partial charge on any atom is 0.228 e. The summed E-state index contributed by atoms with van der Waals surface area (Å²) >= 11 is 11.3. The fourth-order valence-electron chi connectivity index (χ4n) is 1.04. The molecule has 1 rings (SSSR count). The summed E-state index contributed by atoms with van der Waals surface area (Å²) in [5, 5.41) is 3.20. The zero-order valence-electron chi connectivity index (χ0n) is 8.50. The first-order valence-electron chi connectivity index (χ1n) is 4.48. The minimum Gasteiger partial charge on any atom is -0.383 e. The van der Waals surface area contributed by atoms with Gasteiger partial charge in [0.2, 0.25) is 16.5 Å². The summed E-state index contributed by atoms with van der Waals surface area (Å²) in [5.41, 5.74) is 0. The van der Waals surface area contributed by atoms with Gasteiger partial charge in [-0.3, -0.25) is 0 Å². The number of nitrogens with zero attached hydrogens (tertiary/aromatic N) is 3. The van der Waals surface area contributed by atoms with Crippen LogP contribution in [0.1, 0.15) is 13.3 Å². The van der Waals surface area contributed by atoms with Crippen molar-refractivity contribution in [1.82, 2.24) is 15.0 Å². The molecule has 84 valence electrons. The SMILES string of the molecule is CCC(COC)Nc1nc(Cl)nc(Cl)n1. The van der Waals surface area contributed by atoms with Crippen molar-refractivity contribution in [3.05, 3.63) is 10.6 Å². The van der Waals surface area contributed by atoms with Crippen LogP contribution in [0, 0.1) is 0 Å². The van der Waals surface area contributed by atoms with Gasteiger partial charge in [0.25, 0.3) is 0 Å². The highest BCUT2D eigenvalue weighted by Gasteiger charge is 2.09. The van der Waals surface area contributed by atoms with Crippen LogP contribution < -0.4 is 5.32 Å². The number of aromatic nitrogens is 3. The van der Waals surface area contributed by atoms with Crippen molar-refractivity contribution >= 4 is 29.2 Å². The number of hydrogen-bond donors (Lipinski definition) is 1. The molecule has 0 aliphatic rings. The Bertz CT molecular complexity index is 303. The fourth-order valence-corrected chi connectivity index (χ4v) is 1.40. The van der Waals surface area contributed by atoms with Crippen molar-refractivity contribution in [2.45, 2.75) is 19.4 Å². The highest BCUT2D eigenvalue weighted by molar-refractivity contribution is 6.31. The Balaban J connectivity index is 2.69. The Labute approximate surface area is 98.2 Å². The van der Waals surface area contributed by atoms with Crippen LogP contribution in [-0.2, 0) is 4.74 Å². The van der Waals surface area contributed by atoms with Gasteiger partial charge in [-0.1, -0.05) is 6.92 Å². The number of rotatable bonds is 5. The molecule has 0 radical (unpaired) electrons. The van der Waals surface area contributed by atoms with Gasteiger partial charge in [0.1, 0.15) is 0 Å². The van der Waals surface area contributed by atoms with Crippen LogP contribution in [0.5, 0.6) is 0 Å². The lowest BCUT2D eigenvalue weighted by Crippen LogP contribution is -2.25. The zero-order chi connectivity index (χ0) is 11.3. The maximum atomic E-state index is 5.64. The lowest BCUT2D eigenvalue weighted by molar-refractivity contribution is 0.184. The molecular formula is C8H12Cl2N4O. The van der Waals surface area contributed by atoms with E-state index in [4.69, 9.17) is 27.9 Å². The third-order valence-electron chi connectivity index (χ3n) is 1.77. The fraction of sp³-hybridized carbons (Fsp3) is 0.625. The summed E-state index contributed by atoms with van der Waals surface area (Å²) in [6, 6.07) is 0.129. The van der Waals surface area contributed by atoms with Gasteiger partial charge in [-0.2, -0.15) is 15.0 Å². The molecule has 1 N–H and O–H groups in total. The molecule has 0 aromatic carbocycles. The molecule has 1 heterocycles. The number of methoxy groups -OCH3 is 1. The lowest BCUT2D eigenvalue weighted by Gasteiger charge is -2.15. The molecule has 0 fully saturated rings. The standard InChI is InChI=1S/C8H12Cl2N4O/c1-3-5(4-15-2)11-8-13-6(9)12-7(10)14-8/h5H,3-4H2,1-2H3,(H,11,12,13,14). The summed E-state index contributed by atoms with van der Waals surface area (Å²) in [7, 11) is 1.64. The Hall–Kier alpha value is -0.650. The van der Waals surface area contributed by atoms with Gasteiger partial charge >= 0.3 is 0 Å². The first-order chi connectivity index (χ1) is 7.15. The number of ether oxygens (including phenoxy) is 1. The molecule has 0 aliphatic heterocycles. The van der Waals surface area contributed by atoms with Crippen molar-refractivity contribution in [3.8, 4) is 0 Å². The predicted octanol–water partition coefficient (Wildman–Crippen LogP) is 2.02. The van der Waals surface area contributed by atoms with Crippen LogP contribution in [0.3, 0.4) is 0 Å². The topological polar surface area (TPSA) is 59.9 Å². The summed E-state index contributed by atoms with van der Waals surface area (Å²) in [4.78, 5) is 11.4. The van der Waals surface area contributed by atoms with Gasteiger partial charge in [0.05, 0.1) is 12.6 Å². The van der Waals surface area contributed by atoms with E-state index in [1.54, 1.807) is 7.11 Å². The predicted molar refractivity (Wildman–Crippen MR) is 59.4 cm³/mol.